The van der Waals surface area contributed by atoms with Crippen LogP contribution in [-0.2, 0) is 4.79 Å². The molecule has 0 radical (unpaired) electrons. The van der Waals surface area contributed by atoms with E-state index in [2.05, 4.69) is 16.7 Å². The number of aliphatic hydroxyl groups excluding tert-OH is 1. The van der Waals surface area contributed by atoms with Crippen LogP contribution >= 0.6 is 0 Å². The van der Waals surface area contributed by atoms with E-state index in [9.17, 15) is 9.90 Å². The van der Waals surface area contributed by atoms with Gasteiger partial charge in [-0.1, -0.05) is 25.7 Å². The van der Waals surface area contributed by atoms with E-state index in [-0.39, 0.29) is 11.6 Å². The molecule has 1 unspecified atom stereocenters. The minimum Gasteiger partial charge on any atom is -0.392 e. The molecule has 130 valence electrons. The van der Waals surface area contributed by atoms with E-state index in [0.717, 1.165) is 18.9 Å². The lowest BCUT2D eigenvalue weighted by molar-refractivity contribution is -0.141. The highest BCUT2D eigenvalue weighted by molar-refractivity contribution is 5.89. The predicted octanol–water partition coefficient (Wildman–Crippen LogP) is 2.55. The third kappa shape index (κ3) is 2.53. The zero-order valence-corrected chi connectivity index (χ0v) is 14.5. The minimum absolute atomic E-state index is 0.326. The van der Waals surface area contributed by atoms with Gasteiger partial charge in [-0.15, -0.1) is 0 Å². The van der Waals surface area contributed by atoms with Crippen molar-refractivity contribution in [3.8, 4) is 0 Å². The van der Waals surface area contributed by atoms with Gasteiger partial charge in [0.2, 0.25) is 5.91 Å². The second-order valence-electron chi connectivity index (χ2n) is 8.51. The topological polar surface area (TPSA) is 43.8 Å². The van der Waals surface area contributed by atoms with Crippen LogP contribution in [0.3, 0.4) is 0 Å². The fraction of sp³-hybridized carbons (Fsp3) is 0.947. The predicted molar refractivity (Wildman–Crippen MR) is 90.1 cm³/mol. The van der Waals surface area contributed by atoms with Crippen LogP contribution in [0.4, 0.5) is 0 Å². The maximum atomic E-state index is 13.4. The van der Waals surface area contributed by atoms with Crippen LogP contribution in [0.1, 0.15) is 71.1 Å². The van der Waals surface area contributed by atoms with Gasteiger partial charge in [0, 0.05) is 31.6 Å². The van der Waals surface area contributed by atoms with Crippen molar-refractivity contribution in [3.05, 3.63) is 0 Å². The van der Waals surface area contributed by atoms with Gasteiger partial charge in [0.25, 0.3) is 0 Å². The number of likely N-dealkylation sites (tertiary alicyclic amines) is 2. The second kappa shape index (κ2) is 6.03. The maximum absolute atomic E-state index is 13.4. The summed E-state index contributed by atoms with van der Waals surface area (Å²) in [5.74, 6) is 1.07. The molecular weight excluding hydrogens is 288 g/mol. The Bertz CT molecular complexity index is 458. The molecule has 4 heteroatoms. The van der Waals surface area contributed by atoms with Crippen LogP contribution in [-0.4, -0.2) is 57.6 Å². The lowest BCUT2D eigenvalue weighted by atomic mass is 9.78. The van der Waals surface area contributed by atoms with E-state index >= 15 is 0 Å². The molecule has 4 rings (SSSR count). The lowest BCUT2D eigenvalue weighted by Gasteiger charge is -2.44. The Hall–Kier alpha value is -0.610. The summed E-state index contributed by atoms with van der Waals surface area (Å²) in [6.45, 7) is 3.90. The fourth-order valence-electron chi connectivity index (χ4n) is 5.68. The smallest absolute Gasteiger partial charge is 0.243 e. The van der Waals surface area contributed by atoms with E-state index in [1.54, 1.807) is 0 Å². The minimum atomic E-state index is -0.383. The second-order valence-corrected chi connectivity index (χ2v) is 8.51. The van der Waals surface area contributed by atoms with Crippen molar-refractivity contribution in [1.82, 2.24) is 9.80 Å². The fourth-order valence-corrected chi connectivity index (χ4v) is 5.68. The lowest BCUT2D eigenvalue weighted by Crippen LogP contribution is -2.57. The van der Waals surface area contributed by atoms with Crippen molar-refractivity contribution in [1.29, 1.82) is 0 Å². The first-order valence-corrected chi connectivity index (χ1v) is 9.88. The van der Waals surface area contributed by atoms with Crippen LogP contribution in [0, 0.1) is 5.92 Å². The summed E-state index contributed by atoms with van der Waals surface area (Å²) in [5, 5.41) is 10.3. The third-order valence-electron chi connectivity index (χ3n) is 7.29. The maximum Gasteiger partial charge on any atom is 0.243 e. The molecule has 4 fully saturated rings. The largest absolute Gasteiger partial charge is 0.392 e. The summed E-state index contributed by atoms with van der Waals surface area (Å²) in [6, 6.07) is 0.908. The summed E-state index contributed by atoms with van der Waals surface area (Å²) in [4.78, 5) is 18.0. The Balaban J connectivity index is 1.54. The Morgan fingerprint density at radius 2 is 1.87 bits per heavy atom. The zero-order valence-electron chi connectivity index (χ0n) is 14.5. The van der Waals surface area contributed by atoms with Gasteiger partial charge < -0.3 is 10.0 Å². The zero-order chi connectivity index (χ0) is 16.0. The Labute approximate surface area is 140 Å². The Morgan fingerprint density at radius 3 is 2.52 bits per heavy atom. The molecule has 4 nitrogen and oxygen atoms in total. The van der Waals surface area contributed by atoms with Crippen LogP contribution in [0.2, 0.25) is 0 Å². The Morgan fingerprint density at radius 1 is 1.13 bits per heavy atom. The molecule has 2 saturated heterocycles. The molecular formula is C19H32N2O2. The number of nitrogens with zero attached hydrogens (tertiary/aromatic N) is 2. The van der Waals surface area contributed by atoms with Gasteiger partial charge in [-0.05, 0) is 44.9 Å². The number of rotatable bonds is 3. The molecule has 1 amide bonds. The molecule has 2 saturated carbocycles. The molecule has 1 spiro atoms. The summed E-state index contributed by atoms with van der Waals surface area (Å²) in [6.07, 6.45) is 11.4. The number of aliphatic hydroxyl groups is 1. The molecule has 0 aromatic carbocycles. The van der Waals surface area contributed by atoms with Crippen molar-refractivity contribution in [2.75, 3.05) is 13.1 Å². The van der Waals surface area contributed by atoms with Gasteiger partial charge in [-0.3, -0.25) is 9.69 Å². The van der Waals surface area contributed by atoms with Gasteiger partial charge in [0.05, 0.1) is 6.10 Å². The van der Waals surface area contributed by atoms with Crippen LogP contribution < -0.4 is 0 Å². The summed E-state index contributed by atoms with van der Waals surface area (Å²) < 4.78 is 0. The number of carbonyl (C=O) groups excluding carboxylic acids is 1. The van der Waals surface area contributed by atoms with Gasteiger partial charge in [0.15, 0.2) is 0 Å². The quantitative estimate of drug-likeness (QED) is 0.869. The Kier molecular flexibility index (Phi) is 4.17. The molecule has 3 atom stereocenters. The highest BCUT2D eigenvalue weighted by Crippen LogP contribution is 2.45. The number of carbonyl (C=O) groups is 1. The highest BCUT2D eigenvalue weighted by atomic mass is 16.3. The first-order chi connectivity index (χ1) is 11.1. The van der Waals surface area contributed by atoms with Crippen LogP contribution in [0.15, 0.2) is 0 Å². The highest BCUT2D eigenvalue weighted by Gasteiger charge is 2.58. The van der Waals surface area contributed by atoms with E-state index in [0.29, 0.717) is 31.0 Å². The van der Waals surface area contributed by atoms with E-state index in [1.807, 2.05) is 0 Å². The first-order valence-electron chi connectivity index (χ1n) is 9.88. The molecule has 2 aliphatic heterocycles. The normalized spacial score (nSPS) is 38.4. The molecule has 0 aromatic heterocycles. The summed E-state index contributed by atoms with van der Waals surface area (Å²) >= 11 is 0. The number of amides is 1. The van der Waals surface area contributed by atoms with Gasteiger partial charge in [0.1, 0.15) is 5.54 Å². The number of hydrogen-bond acceptors (Lipinski definition) is 3. The molecule has 2 aliphatic carbocycles. The third-order valence-corrected chi connectivity index (χ3v) is 7.29. The molecule has 23 heavy (non-hydrogen) atoms. The van der Waals surface area contributed by atoms with Crippen molar-refractivity contribution in [2.45, 2.75) is 94.9 Å². The SMILES string of the molecule is CC(C1CCC1)N1C[C@H](O)C[C@]12CCN(C1CCCCC1)C2=O. The van der Waals surface area contributed by atoms with Gasteiger partial charge in [-0.25, -0.2) is 0 Å². The molecule has 0 bridgehead atoms. The summed E-state index contributed by atoms with van der Waals surface area (Å²) in [7, 11) is 0. The van der Waals surface area contributed by atoms with Crippen LogP contribution in [0.5, 0.6) is 0 Å². The number of β-amino-alcohol motifs (C(OH)–C–C–N with tert-alkyl or cyclic N) is 1. The molecule has 4 aliphatic rings. The monoisotopic (exact) mass is 320 g/mol. The van der Waals surface area contributed by atoms with Gasteiger partial charge in [-0.2, -0.15) is 0 Å². The average Bonchev–Trinajstić information content (AvgIpc) is 3.00. The van der Waals surface area contributed by atoms with Crippen molar-refractivity contribution < 1.29 is 9.90 Å². The van der Waals surface area contributed by atoms with Gasteiger partial charge >= 0.3 is 0 Å². The molecule has 1 N–H and O–H groups in total. The first kappa shape index (κ1) is 15.9. The molecule has 2 heterocycles. The van der Waals surface area contributed by atoms with E-state index in [1.165, 1.54) is 51.4 Å². The standard InChI is InChI=1S/C19H32N2O2/c1-14(15-6-5-7-15)21-13-17(22)12-19(21)10-11-20(18(19)23)16-8-3-2-4-9-16/h14-17,22H,2-13H2,1H3/t14?,17-,19+/m1/s1. The summed E-state index contributed by atoms with van der Waals surface area (Å²) in [5.41, 5.74) is -0.383. The van der Waals surface area contributed by atoms with Crippen molar-refractivity contribution in [2.24, 2.45) is 5.92 Å². The average molecular weight is 320 g/mol. The van der Waals surface area contributed by atoms with E-state index < -0.39 is 0 Å². The van der Waals surface area contributed by atoms with Crippen molar-refractivity contribution >= 4 is 5.91 Å². The van der Waals surface area contributed by atoms with Crippen LogP contribution in [0.25, 0.3) is 0 Å². The number of hydrogen-bond donors (Lipinski definition) is 1. The van der Waals surface area contributed by atoms with E-state index in [4.69, 9.17) is 0 Å². The van der Waals surface area contributed by atoms with Crippen molar-refractivity contribution in [3.63, 3.8) is 0 Å². The molecule has 0 aromatic rings.